The Hall–Kier alpha value is -1.70. The fraction of sp³-hybridized carbons (Fsp3) is 0.286. The first-order valence-electron chi connectivity index (χ1n) is 6.00. The Morgan fingerprint density at radius 3 is 2.45 bits per heavy atom. The van der Waals surface area contributed by atoms with Gasteiger partial charge in [0.25, 0.3) is 0 Å². The van der Waals surface area contributed by atoms with Crippen LogP contribution in [0.15, 0.2) is 18.2 Å². The Morgan fingerprint density at radius 2 is 1.95 bits per heavy atom. The van der Waals surface area contributed by atoms with E-state index in [0.29, 0.717) is 32.7 Å². The van der Waals surface area contributed by atoms with Crippen LogP contribution in [0.4, 0.5) is 5.82 Å². The highest BCUT2D eigenvalue weighted by molar-refractivity contribution is 6.36. The highest BCUT2D eigenvalue weighted by Crippen LogP contribution is 2.35. The predicted octanol–water partition coefficient (Wildman–Crippen LogP) is 4.07. The highest BCUT2D eigenvalue weighted by atomic mass is 35.5. The molecule has 104 valence electrons. The van der Waals surface area contributed by atoms with Gasteiger partial charge in [-0.3, -0.25) is 0 Å². The molecule has 0 saturated heterocycles. The average Bonchev–Trinajstić information content (AvgIpc) is 2.65. The number of hydrogen-bond acceptors (Lipinski definition) is 3. The number of halogens is 2. The molecule has 2 aromatic rings. The van der Waals surface area contributed by atoms with Gasteiger partial charge in [-0.15, -0.1) is 0 Å². The molecular formula is C14H14Cl2N4. The minimum Gasteiger partial charge on any atom is -0.383 e. The Bertz CT molecular complexity index is 705. The van der Waals surface area contributed by atoms with Crippen molar-refractivity contribution in [2.45, 2.75) is 26.3 Å². The lowest BCUT2D eigenvalue weighted by molar-refractivity contribution is 0.362. The summed E-state index contributed by atoms with van der Waals surface area (Å²) in [6, 6.07) is 7.15. The molecule has 0 bridgehead atoms. The van der Waals surface area contributed by atoms with E-state index in [-0.39, 0.29) is 5.54 Å². The van der Waals surface area contributed by atoms with E-state index >= 15 is 0 Å². The van der Waals surface area contributed by atoms with E-state index in [4.69, 9.17) is 28.9 Å². The van der Waals surface area contributed by atoms with Crippen LogP contribution < -0.4 is 5.73 Å². The molecule has 1 aromatic carbocycles. The van der Waals surface area contributed by atoms with Crippen molar-refractivity contribution < 1.29 is 0 Å². The van der Waals surface area contributed by atoms with Gasteiger partial charge in [-0.2, -0.15) is 10.4 Å². The Morgan fingerprint density at radius 1 is 1.30 bits per heavy atom. The smallest absolute Gasteiger partial charge is 0.141 e. The number of rotatable bonds is 1. The Labute approximate surface area is 127 Å². The zero-order valence-corrected chi connectivity index (χ0v) is 12.9. The minimum absolute atomic E-state index is 0.323. The SMILES string of the molecule is CC(C)(C)n1nc(-c2ccc(Cl)cc2Cl)c(C#N)c1N. The summed E-state index contributed by atoms with van der Waals surface area (Å²) in [5.41, 5.74) is 7.14. The molecule has 0 amide bonds. The van der Waals surface area contributed by atoms with Gasteiger partial charge >= 0.3 is 0 Å². The first-order valence-corrected chi connectivity index (χ1v) is 6.76. The maximum Gasteiger partial charge on any atom is 0.141 e. The lowest BCUT2D eigenvalue weighted by Crippen LogP contribution is -2.24. The van der Waals surface area contributed by atoms with Gasteiger partial charge < -0.3 is 5.73 Å². The van der Waals surface area contributed by atoms with E-state index in [2.05, 4.69) is 11.2 Å². The molecule has 1 aromatic heterocycles. The molecule has 1 heterocycles. The lowest BCUT2D eigenvalue weighted by Gasteiger charge is -2.20. The predicted molar refractivity (Wildman–Crippen MR) is 81.8 cm³/mol. The van der Waals surface area contributed by atoms with Gasteiger partial charge in [-0.05, 0) is 39.0 Å². The average molecular weight is 309 g/mol. The zero-order valence-electron chi connectivity index (χ0n) is 11.4. The van der Waals surface area contributed by atoms with E-state index in [1.165, 1.54) is 0 Å². The van der Waals surface area contributed by atoms with Crippen molar-refractivity contribution in [2.75, 3.05) is 5.73 Å². The summed E-state index contributed by atoms with van der Waals surface area (Å²) in [7, 11) is 0. The van der Waals surface area contributed by atoms with Gasteiger partial charge in [0.05, 0.1) is 10.6 Å². The van der Waals surface area contributed by atoms with E-state index in [1.807, 2.05) is 20.8 Å². The van der Waals surface area contributed by atoms with Crippen LogP contribution in [0.3, 0.4) is 0 Å². The molecule has 20 heavy (non-hydrogen) atoms. The van der Waals surface area contributed by atoms with Crippen LogP contribution in [0.2, 0.25) is 10.0 Å². The van der Waals surface area contributed by atoms with Crippen molar-refractivity contribution in [2.24, 2.45) is 0 Å². The lowest BCUT2D eigenvalue weighted by atomic mass is 10.1. The topological polar surface area (TPSA) is 67.6 Å². The molecule has 0 unspecified atom stereocenters. The first-order chi connectivity index (χ1) is 9.25. The maximum atomic E-state index is 9.33. The summed E-state index contributed by atoms with van der Waals surface area (Å²) in [5, 5.41) is 14.8. The van der Waals surface area contributed by atoms with E-state index < -0.39 is 0 Å². The summed E-state index contributed by atoms with van der Waals surface area (Å²) in [6.07, 6.45) is 0. The molecule has 6 heteroatoms. The molecule has 0 saturated carbocycles. The van der Waals surface area contributed by atoms with Crippen molar-refractivity contribution >= 4 is 29.0 Å². The molecule has 0 atom stereocenters. The summed E-state index contributed by atoms with van der Waals surface area (Å²) in [6.45, 7) is 5.89. The molecule has 0 aliphatic rings. The number of hydrogen-bond donors (Lipinski definition) is 1. The molecule has 2 N–H and O–H groups in total. The summed E-state index contributed by atoms with van der Waals surface area (Å²) in [4.78, 5) is 0. The number of benzene rings is 1. The van der Waals surface area contributed by atoms with Crippen molar-refractivity contribution in [1.29, 1.82) is 5.26 Å². The van der Waals surface area contributed by atoms with E-state index in [1.54, 1.807) is 22.9 Å². The molecular weight excluding hydrogens is 295 g/mol. The quantitative estimate of drug-likeness (QED) is 0.863. The van der Waals surface area contributed by atoms with Gasteiger partial charge in [-0.25, -0.2) is 4.68 Å². The standard InChI is InChI=1S/C14H14Cl2N4/c1-14(2,3)20-13(18)10(7-17)12(19-20)9-5-4-8(15)6-11(9)16/h4-6H,18H2,1-3H3. The second-order valence-corrected chi connectivity index (χ2v) is 6.27. The number of anilines is 1. The molecule has 0 fully saturated rings. The Kier molecular flexibility index (Phi) is 3.68. The van der Waals surface area contributed by atoms with Gasteiger partial charge in [0.2, 0.25) is 0 Å². The normalized spacial score (nSPS) is 11.4. The first kappa shape index (κ1) is 14.7. The summed E-state index contributed by atoms with van der Waals surface area (Å²) in [5.74, 6) is 0.334. The fourth-order valence-electron chi connectivity index (χ4n) is 1.92. The molecule has 0 aliphatic heterocycles. The fourth-order valence-corrected chi connectivity index (χ4v) is 2.42. The van der Waals surface area contributed by atoms with Crippen LogP contribution in [-0.4, -0.2) is 9.78 Å². The Balaban J connectivity index is 2.72. The van der Waals surface area contributed by atoms with Crippen LogP contribution >= 0.6 is 23.2 Å². The van der Waals surface area contributed by atoms with Gasteiger partial charge in [-0.1, -0.05) is 23.2 Å². The third kappa shape index (κ3) is 2.47. The minimum atomic E-state index is -0.327. The van der Waals surface area contributed by atoms with Gasteiger partial charge in [0.15, 0.2) is 0 Å². The molecule has 0 spiro atoms. The monoisotopic (exact) mass is 308 g/mol. The van der Waals surface area contributed by atoms with Crippen molar-refractivity contribution in [3.05, 3.63) is 33.8 Å². The maximum absolute atomic E-state index is 9.33. The summed E-state index contributed by atoms with van der Waals surface area (Å²) >= 11 is 12.1. The molecule has 0 aliphatic carbocycles. The number of aromatic nitrogens is 2. The zero-order chi connectivity index (χ0) is 15.1. The number of nitriles is 1. The highest BCUT2D eigenvalue weighted by Gasteiger charge is 2.25. The van der Waals surface area contributed by atoms with Crippen molar-refractivity contribution in [3.8, 4) is 17.3 Å². The third-order valence-corrected chi connectivity index (χ3v) is 3.40. The molecule has 2 rings (SSSR count). The third-order valence-electron chi connectivity index (χ3n) is 2.85. The van der Waals surface area contributed by atoms with Crippen LogP contribution in [0.25, 0.3) is 11.3 Å². The van der Waals surface area contributed by atoms with Crippen LogP contribution in [0, 0.1) is 11.3 Å². The number of nitrogen functional groups attached to an aromatic ring is 1. The van der Waals surface area contributed by atoms with E-state index in [9.17, 15) is 5.26 Å². The number of nitrogens with zero attached hydrogens (tertiary/aromatic N) is 3. The van der Waals surface area contributed by atoms with Crippen LogP contribution in [-0.2, 0) is 5.54 Å². The number of nitrogens with two attached hydrogens (primary N) is 1. The second-order valence-electron chi connectivity index (χ2n) is 5.43. The second kappa shape index (κ2) is 5.01. The van der Waals surface area contributed by atoms with Crippen LogP contribution in [0.1, 0.15) is 26.3 Å². The molecule has 4 nitrogen and oxygen atoms in total. The van der Waals surface area contributed by atoms with Crippen molar-refractivity contribution in [3.63, 3.8) is 0 Å². The van der Waals surface area contributed by atoms with Crippen molar-refractivity contribution in [1.82, 2.24) is 9.78 Å². The van der Waals surface area contributed by atoms with Gasteiger partial charge in [0.1, 0.15) is 23.1 Å². The van der Waals surface area contributed by atoms with Gasteiger partial charge in [0, 0.05) is 10.6 Å². The van der Waals surface area contributed by atoms with Crippen LogP contribution in [0.5, 0.6) is 0 Å². The molecule has 0 radical (unpaired) electrons. The largest absolute Gasteiger partial charge is 0.383 e. The summed E-state index contributed by atoms with van der Waals surface area (Å²) < 4.78 is 1.63. The van der Waals surface area contributed by atoms with E-state index in [0.717, 1.165) is 0 Å².